The van der Waals surface area contributed by atoms with Crippen LogP contribution in [0.3, 0.4) is 0 Å². The third-order valence-corrected chi connectivity index (χ3v) is 3.57. The molecule has 1 heterocycles. The smallest absolute Gasteiger partial charge is 0.139 e. The van der Waals surface area contributed by atoms with Gasteiger partial charge in [-0.3, -0.25) is 0 Å². The van der Waals surface area contributed by atoms with Gasteiger partial charge in [0.25, 0.3) is 0 Å². The standard InChI is InChI=1S/C10H13Cl2N3/c11-8-7(9(12)15-6-14-8)10(13)4-2-1-3-5-10/h6H,1-5,13H2. The lowest BCUT2D eigenvalue weighted by molar-refractivity contribution is 0.301. The van der Waals surface area contributed by atoms with Crippen molar-refractivity contribution in [3.05, 3.63) is 22.2 Å². The molecule has 2 rings (SSSR count). The van der Waals surface area contributed by atoms with Crippen LogP contribution in [0, 0.1) is 0 Å². The lowest BCUT2D eigenvalue weighted by Gasteiger charge is -2.34. The van der Waals surface area contributed by atoms with Gasteiger partial charge in [0.05, 0.1) is 0 Å². The van der Waals surface area contributed by atoms with E-state index in [0.29, 0.717) is 15.9 Å². The summed E-state index contributed by atoms with van der Waals surface area (Å²) in [5.41, 5.74) is 6.61. The van der Waals surface area contributed by atoms with Gasteiger partial charge in [0, 0.05) is 11.1 Å². The highest BCUT2D eigenvalue weighted by Gasteiger charge is 2.34. The van der Waals surface area contributed by atoms with Crippen LogP contribution >= 0.6 is 23.2 Å². The largest absolute Gasteiger partial charge is 0.321 e. The summed E-state index contributed by atoms with van der Waals surface area (Å²) in [5.74, 6) is 0. The number of nitrogens with zero attached hydrogens (tertiary/aromatic N) is 2. The number of hydrogen-bond donors (Lipinski definition) is 1. The topological polar surface area (TPSA) is 51.8 Å². The monoisotopic (exact) mass is 245 g/mol. The Hall–Kier alpha value is -0.380. The van der Waals surface area contributed by atoms with Crippen molar-refractivity contribution in [3.63, 3.8) is 0 Å². The number of halogens is 2. The fraction of sp³-hybridized carbons (Fsp3) is 0.600. The Balaban J connectivity index is 2.42. The van der Waals surface area contributed by atoms with E-state index in [-0.39, 0.29) is 0 Å². The zero-order chi connectivity index (χ0) is 10.9. The van der Waals surface area contributed by atoms with Gasteiger partial charge in [-0.2, -0.15) is 0 Å². The molecule has 1 saturated carbocycles. The molecular formula is C10H13Cl2N3. The lowest BCUT2D eigenvalue weighted by Crippen LogP contribution is -2.39. The molecule has 0 saturated heterocycles. The molecule has 3 nitrogen and oxygen atoms in total. The van der Waals surface area contributed by atoms with Crippen molar-refractivity contribution in [2.45, 2.75) is 37.6 Å². The van der Waals surface area contributed by atoms with Crippen LogP contribution in [-0.4, -0.2) is 9.97 Å². The summed E-state index contributed by atoms with van der Waals surface area (Å²) in [6, 6.07) is 0. The average Bonchev–Trinajstić information content (AvgIpc) is 2.18. The Morgan fingerprint density at radius 2 is 1.60 bits per heavy atom. The molecule has 1 fully saturated rings. The molecule has 0 unspecified atom stereocenters. The van der Waals surface area contributed by atoms with E-state index in [1.807, 2.05) is 0 Å². The van der Waals surface area contributed by atoms with Gasteiger partial charge in [0.15, 0.2) is 0 Å². The molecule has 1 aliphatic rings. The quantitative estimate of drug-likeness (QED) is 0.775. The van der Waals surface area contributed by atoms with E-state index in [1.54, 1.807) is 0 Å². The summed E-state index contributed by atoms with van der Waals surface area (Å²) in [6.07, 6.45) is 6.61. The number of aromatic nitrogens is 2. The normalized spacial score (nSPS) is 20.2. The predicted molar refractivity (Wildman–Crippen MR) is 61.0 cm³/mol. The first kappa shape index (κ1) is 11.1. The van der Waals surface area contributed by atoms with Gasteiger partial charge in [0.1, 0.15) is 16.6 Å². The fourth-order valence-electron chi connectivity index (χ4n) is 2.19. The molecule has 0 amide bonds. The zero-order valence-electron chi connectivity index (χ0n) is 8.34. The lowest BCUT2D eigenvalue weighted by atomic mass is 9.78. The van der Waals surface area contributed by atoms with Crippen molar-refractivity contribution < 1.29 is 0 Å². The number of hydrogen-bond acceptors (Lipinski definition) is 3. The van der Waals surface area contributed by atoms with Crippen molar-refractivity contribution in [1.82, 2.24) is 9.97 Å². The minimum atomic E-state index is -0.437. The van der Waals surface area contributed by atoms with Crippen LogP contribution in [0.5, 0.6) is 0 Å². The van der Waals surface area contributed by atoms with Crippen LogP contribution in [0.25, 0.3) is 0 Å². The van der Waals surface area contributed by atoms with Gasteiger partial charge in [-0.25, -0.2) is 9.97 Å². The summed E-state index contributed by atoms with van der Waals surface area (Å²) in [6.45, 7) is 0. The molecule has 2 N–H and O–H groups in total. The van der Waals surface area contributed by atoms with E-state index in [9.17, 15) is 0 Å². The third kappa shape index (κ3) is 2.10. The summed E-state index contributed by atoms with van der Waals surface area (Å²) >= 11 is 12.1. The van der Waals surface area contributed by atoms with Crippen molar-refractivity contribution in [1.29, 1.82) is 0 Å². The molecule has 82 valence electrons. The third-order valence-electron chi connectivity index (χ3n) is 3.00. The molecule has 0 bridgehead atoms. The average molecular weight is 246 g/mol. The van der Waals surface area contributed by atoms with E-state index < -0.39 is 5.54 Å². The van der Waals surface area contributed by atoms with E-state index in [1.165, 1.54) is 12.7 Å². The highest BCUT2D eigenvalue weighted by molar-refractivity contribution is 6.34. The predicted octanol–water partition coefficient (Wildman–Crippen LogP) is 2.90. The van der Waals surface area contributed by atoms with Crippen molar-refractivity contribution in [2.24, 2.45) is 5.73 Å². The zero-order valence-corrected chi connectivity index (χ0v) is 9.85. The molecule has 1 aromatic rings. The summed E-state index contributed by atoms with van der Waals surface area (Å²) in [5, 5.41) is 0.777. The second kappa shape index (κ2) is 4.24. The Labute approximate surface area is 99.0 Å². The Morgan fingerprint density at radius 3 is 2.13 bits per heavy atom. The number of rotatable bonds is 1. The minimum absolute atomic E-state index is 0.388. The highest BCUT2D eigenvalue weighted by atomic mass is 35.5. The Kier molecular flexibility index (Phi) is 3.14. The number of nitrogens with two attached hydrogens (primary N) is 1. The van der Waals surface area contributed by atoms with E-state index >= 15 is 0 Å². The first-order chi connectivity index (χ1) is 7.13. The summed E-state index contributed by atoms with van der Waals surface area (Å²) in [7, 11) is 0. The molecule has 1 aliphatic carbocycles. The first-order valence-corrected chi connectivity index (χ1v) is 5.84. The molecule has 0 aliphatic heterocycles. The van der Waals surface area contributed by atoms with Crippen LogP contribution in [0.4, 0.5) is 0 Å². The van der Waals surface area contributed by atoms with E-state index in [2.05, 4.69) is 9.97 Å². The van der Waals surface area contributed by atoms with Crippen LogP contribution in [0.15, 0.2) is 6.33 Å². The Bertz CT molecular complexity index is 341. The van der Waals surface area contributed by atoms with E-state index in [4.69, 9.17) is 28.9 Å². The molecular weight excluding hydrogens is 233 g/mol. The Morgan fingerprint density at radius 1 is 1.07 bits per heavy atom. The maximum Gasteiger partial charge on any atom is 0.139 e. The molecule has 15 heavy (non-hydrogen) atoms. The van der Waals surface area contributed by atoms with Crippen LogP contribution in [0.2, 0.25) is 10.3 Å². The van der Waals surface area contributed by atoms with Gasteiger partial charge in [-0.05, 0) is 12.8 Å². The second-order valence-corrected chi connectivity index (χ2v) is 4.76. The maximum atomic E-state index is 6.33. The molecule has 0 radical (unpaired) electrons. The van der Waals surface area contributed by atoms with Crippen molar-refractivity contribution in [2.75, 3.05) is 0 Å². The second-order valence-electron chi connectivity index (χ2n) is 4.05. The molecule has 1 aromatic heterocycles. The van der Waals surface area contributed by atoms with Gasteiger partial charge in [-0.1, -0.05) is 42.5 Å². The van der Waals surface area contributed by atoms with Gasteiger partial charge in [-0.15, -0.1) is 0 Å². The molecule has 0 spiro atoms. The highest BCUT2D eigenvalue weighted by Crippen LogP contribution is 2.39. The van der Waals surface area contributed by atoms with Gasteiger partial charge >= 0.3 is 0 Å². The molecule has 0 atom stereocenters. The summed E-state index contributed by atoms with van der Waals surface area (Å²) in [4.78, 5) is 7.90. The summed E-state index contributed by atoms with van der Waals surface area (Å²) < 4.78 is 0. The van der Waals surface area contributed by atoms with Crippen LogP contribution in [-0.2, 0) is 5.54 Å². The van der Waals surface area contributed by atoms with Crippen LogP contribution < -0.4 is 5.73 Å². The minimum Gasteiger partial charge on any atom is -0.321 e. The van der Waals surface area contributed by atoms with Gasteiger partial charge in [0.2, 0.25) is 0 Å². The first-order valence-electron chi connectivity index (χ1n) is 5.09. The fourth-order valence-corrected chi connectivity index (χ4v) is 2.88. The van der Waals surface area contributed by atoms with Crippen LogP contribution in [0.1, 0.15) is 37.7 Å². The maximum absolute atomic E-state index is 6.33. The van der Waals surface area contributed by atoms with Crippen molar-refractivity contribution in [3.8, 4) is 0 Å². The SMILES string of the molecule is NC1(c2c(Cl)ncnc2Cl)CCCCC1. The van der Waals surface area contributed by atoms with Crippen molar-refractivity contribution >= 4 is 23.2 Å². The van der Waals surface area contributed by atoms with Gasteiger partial charge < -0.3 is 5.73 Å². The molecule has 0 aromatic carbocycles. The molecule has 5 heteroatoms. The van der Waals surface area contributed by atoms with E-state index in [0.717, 1.165) is 25.7 Å².